The third-order valence-electron chi connectivity index (χ3n) is 1.34. The first-order chi connectivity index (χ1) is 4.52. The standard InChI is InChI=1S/C8H13NO/c1-4-7(10)5-8(2,3)6-9/h4-5H2,1-3H3. The van der Waals surface area contributed by atoms with Crippen LogP contribution in [0.2, 0.25) is 0 Å². The molecule has 10 heavy (non-hydrogen) atoms. The monoisotopic (exact) mass is 139 g/mol. The molecule has 0 aromatic heterocycles. The van der Waals surface area contributed by atoms with Crippen LogP contribution in [0.4, 0.5) is 0 Å². The van der Waals surface area contributed by atoms with Crippen molar-refractivity contribution in [2.24, 2.45) is 5.41 Å². The second-order valence-electron chi connectivity index (χ2n) is 3.06. The van der Waals surface area contributed by atoms with Gasteiger partial charge >= 0.3 is 0 Å². The molecule has 0 aromatic carbocycles. The Morgan fingerprint density at radius 3 is 2.40 bits per heavy atom. The lowest BCUT2D eigenvalue weighted by molar-refractivity contribution is -0.120. The molecule has 0 unspecified atom stereocenters. The second kappa shape index (κ2) is 3.36. The summed E-state index contributed by atoms with van der Waals surface area (Å²) >= 11 is 0. The van der Waals surface area contributed by atoms with E-state index in [1.54, 1.807) is 13.8 Å². The first kappa shape index (κ1) is 9.16. The van der Waals surface area contributed by atoms with Gasteiger partial charge in [0, 0.05) is 12.8 Å². The van der Waals surface area contributed by atoms with E-state index in [1.165, 1.54) is 0 Å². The van der Waals surface area contributed by atoms with Gasteiger partial charge in [0.2, 0.25) is 0 Å². The highest BCUT2D eigenvalue weighted by Gasteiger charge is 2.19. The van der Waals surface area contributed by atoms with Crippen LogP contribution in [-0.2, 0) is 4.79 Å². The van der Waals surface area contributed by atoms with Crippen LogP contribution in [0, 0.1) is 16.7 Å². The Balaban J connectivity index is 3.92. The molecule has 0 saturated carbocycles. The zero-order valence-electron chi connectivity index (χ0n) is 6.77. The number of carbonyl (C=O) groups is 1. The van der Waals surface area contributed by atoms with E-state index in [4.69, 9.17) is 5.26 Å². The van der Waals surface area contributed by atoms with E-state index >= 15 is 0 Å². The zero-order valence-corrected chi connectivity index (χ0v) is 6.77. The summed E-state index contributed by atoms with van der Waals surface area (Å²) in [7, 11) is 0. The molecule has 0 rings (SSSR count). The van der Waals surface area contributed by atoms with Gasteiger partial charge in [-0.15, -0.1) is 0 Å². The minimum absolute atomic E-state index is 0.159. The maximum absolute atomic E-state index is 10.8. The third kappa shape index (κ3) is 3.24. The van der Waals surface area contributed by atoms with Gasteiger partial charge in [0.25, 0.3) is 0 Å². The maximum Gasteiger partial charge on any atom is 0.134 e. The molecule has 0 aromatic rings. The van der Waals surface area contributed by atoms with Crippen molar-refractivity contribution in [2.75, 3.05) is 0 Å². The fourth-order valence-corrected chi connectivity index (χ4v) is 0.657. The number of nitrogens with zero attached hydrogens (tertiary/aromatic N) is 1. The molecular weight excluding hydrogens is 126 g/mol. The minimum Gasteiger partial charge on any atom is -0.300 e. The Morgan fingerprint density at radius 1 is 1.60 bits per heavy atom. The fourth-order valence-electron chi connectivity index (χ4n) is 0.657. The van der Waals surface area contributed by atoms with Crippen molar-refractivity contribution in [3.63, 3.8) is 0 Å². The SMILES string of the molecule is CCC(=O)CC(C)(C)C#N. The number of carbonyl (C=O) groups excluding carboxylic acids is 1. The van der Waals surface area contributed by atoms with E-state index in [-0.39, 0.29) is 5.78 Å². The van der Waals surface area contributed by atoms with Gasteiger partial charge in [0.1, 0.15) is 5.78 Å². The van der Waals surface area contributed by atoms with Crippen LogP contribution in [0.5, 0.6) is 0 Å². The van der Waals surface area contributed by atoms with Gasteiger partial charge < -0.3 is 0 Å². The van der Waals surface area contributed by atoms with E-state index in [9.17, 15) is 4.79 Å². The van der Waals surface area contributed by atoms with Gasteiger partial charge in [-0.3, -0.25) is 4.79 Å². The normalized spacial score (nSPS) is 10.6. The summed E-state index contributed by atoms with van der Waals surface area (Å²) in [6.07, 6.45) is 0.908. The Kier molecular flexibility index (Phi) is 3.08. The molecule has 0 aliphatic rings. The van der Waals surface area contributed by atoms with Gasteiger partial charge in [-0.05, 0) is 13.8 Å². The lowest BCUT2D eigenvalue weighted by Crippen LogP contribution is -2.13. The van der Waals surface area contributed by atoms with Crippen LogP contribution in [-0.4, -0.2) is 5.78 Å². The maximum atomic E-state index is 10.8. The van der Waals surface area contributed by atoms with Crippen LogP contribution in [0.15, 0.2) is 0 Å². The van der Waals surface area contributed by atoms with Crippen molar-refractivity contribution in [1.29, 1.82) is 5.26 Å². The molecule has 0 fully saturated rings. The smallest absolute Gasteiger partial charge is 0.134 e. The van der Waals surface area contributed by atoms with Gasteiger partial charge in [-0.25, -0.2) is 0 Å². The van der Waals surface area contributed by atoms with E-state index in [2.05, 4.69) is 6.07 Å². The molecule has 0 spiro atoms. The first-order valence-corrected chi connectivity index (χ1v) is 3.45. The highest BCUT2D eigenvalue weighted by Crippen LogP contribution is 2.19. The summed E-state index contributed by atoms with van der Waals surface area (Å²) in [4.78, 5) is 10.8. The molecule has 0 heterocycles. The van der Waals surface area contributed by atoms with Crippen molar-refractivity contribution >= 4 is 5.78 Å². The van der Waals surface area contributed by atoms with Crippen LogP contribution >= 0.6 is 0 Å². The first-order valence-electron chi connectivity index (χ1n) is 3.45. The van der Waals surface area contributed by atoms with Crippen LogP contribution in [0.25, 0.3) is 0 Å². The van der Waals surface area contributed by atoms with Crippen molar-refractivity contribution in [3.05, 3.63) is 0 Å². The topological polar surface area (TPSA) is 40.9 Å². The minimum atomic E-state index is -0.479. The summed E-state index contributed by atoms with van der Waals surface area (Å²) in [5, 5.41) is 8.54. The van der Waals surface area contributed by atoms with Crippen molar-refractivity contribution in [1.82, 2.24) is 0 Å². The van der Waals surface area contributed by atoms with E-state index in [0.717, 1.165) is 0 Å². The number of ketones is 1. The Morgan fingerprint density at radius 2 is 2.10 bits per heavy atom. The Hall–Kier alpha value is -0.840. The van der Waals surface area contributed by atoms with Crippen molar-refractivity contribution in [3.8, 4) is 6.07 Å². The second-order valence-corrected chi connectivity index (χ2v) is 3.06. The fraction of sp³-hybridized carbons (Fsp3) is 0.750. The molecule has 0 N–H and O–H groups in total. The van der Waals surface area contributed by atoms with Crippen LogP contribution < -0.4 is 0 Å². The Labute approximate surface area is 61.8 Å². The number of hydrogen-bond acceptors (Lipinski definition) is 2. The summed E-state index contributed by atoms with van der Waals surface area (Å²) in [5.41, 5.74) is -0.479. The molecule has 2 nitrogen and oxygen atoms in total. The molecule has 0 amide bonds. The molecule has 0 saturated heterocycles. The number of hydrogen-bond donors (Lipinski definition) is 0. The Bertz CT molecular complexity index is 165. The van der Waals surface area contributed by atoms with Crippen LogP contribution in [0.1, 0.15) is 33.6 Å². The molecule has 0 atom stereocenters. The number of Topliss-reactive ketones (excluding diaryl/α,β-unsaturated/α-hetero) is 1. The van der Waals surface area contributed by atoms with Crippen molar-refractivity contribution in [2.45, 2.75) is 33.6 Å². The van der Waals surface area contributed by atoms with E-state index < -0.39 is 5.41 Å². The summed E-state index contributed by atoms with van der Waals surface area (Å²) in [5.74, 6) is 0.159. The molecule has 0 radical (unpaired) electrons. The average Bonchev–Trinajstić information content (AvgIpc) is 1.87. The number of nitriles is 1. The lowest BCUT2D eigenvalue weighted by Gasteiger charge is -2.11. The average molecular weight is 139 g/mol. The van der Waals surface area contributed by atoms with Crippen molar-refractivity contribution < 1.29 is 4.79 Å². The highest BCUT2D eigenvalue weighted by atomic mass is 16.1. The van der Waals surface area contributed by atoms with Gasteiger partial charge in [-0.1, -0.05) is 6.92 Å². The van der Waals surface area contributed by atoms with E-state index in [1.807, 2.05) is 6.92 Å². The summed E-state index contributed by atoms with van der Waals surface area (Å²) in [6, 6.07) is 2.09. The molecule has 0 aliphatic heterocycles. The van der Waals surface area contributed by atoms with E-state index in [0.29, 0.717) is 12.8 Å². The third-order valence-corrected chi connectivity index (χ3v) is 1.34. The zero-order chi connectivity index (χ0) is 8.20. The number of rotatable bonds is 3. The summed E-state index contributed by atoms with van der Waals surface area (Å²) in [6.45, 7) is 5.37. The van der Waals surface area contributed by atoms with Crippen LogP contribution in [0.3, 0.4) is 0 Å². The molecular formula is C8H13NO. The predicted molar refractivity (Wildman–Crippen MR) is 39.3 cm³/mol. The van der Waals surface area contributed by atoms with Gasteiger partial charge in [0.15, 0.2) is 0 Å². The molecule has 0 bridgehead atoms. The lowest BCUT2D eigenvalue weighted by atomic mass is 9.89. The molecule has 0 aliphatic carbocycles. The van der Waals surface area contributed by atoms with Gasteiger partial charge in [-0.2, -0.15) is 5.26 Å². The largest absolute Gasteiger partial charge is 0.300 e. The summed E-state index contributed by atoms with van der Waals surface area (Å²) < 4.78 is 0. The van der Waals surface area contributed by atoms with Gasteiger partial charge in [0.05, 0.1) is 11.5 Å². The molecule has 2 heteroatoms. The quantitative estimate of drug-likeness (QED) is 0.599. The molecule has 56 valence electrons. The predicted octanol–water partition coefficient (Wildman–Crippen LogP) is 1.91. The highest BCUT2D eigenvalue weighted by molar-refractivity contribution is 5.79.